The van der Waals surface area contributed by atoms with E-state index in [1.165, 1.54) is 32.1 Å². The number of pyridine rings is 1. The Bertz CT molecular complexity index is 774. The van der Waals surface area contributed by atoms with Gasteiger partial charge in [0.1, 0.15) is 11.9 Å². The van der Waals surface area contributed by atoms with Crippen molar-refractivity contribution in [3.63, 3.8) is 0 Å². The number of anilines is 1. The second-order valence-corrected chi connectivity index (χ2v) is 6.95. The lowest BCUT2D eigenvalue weighted by Gasteiger charge is -2.23. The Balaban J connectivity index is 1.65. The van der Waals surface area contributed by atoms with E-state index >= 15 is 0 Å². The Hall–Kier alpha value is -2.08. The Morgan fingerprint density at radius 3 is 3.05 bits per heavy atom. The van der Waals surface area contributed by atoms with Crippen LogP contribution in [0.1, 0.15) is 43.2 Å². The summed E-state index contributed by atoms with van der Waals surface area (Å²) in [5.41, 5.74) is 3.19. The first-order valence-corrected chi connectivity index (χ1v) is 8.27. The largest absolute Gasteiger partial charge is 0.368 e. The topological polar surface area (TPSA) is 48.7 Å². The first-order chi connectivity index (χ1) is 10.7. The summed E-state index contributed by atoms with van der Waals surface area (Å²) >= 11 is 0. The zero-order chi connectivity index (χ0) is 15.2. The van der Waals surface area contributed by atoms with Gasteiger partial charge in [-0.05, 0) is 49.1 Å². The molecule has 1 aromatic carbocycles. The molecule has 0 radical (unpaired) electrons. The van der Waals surface area contributed by atoms with Gasteiger partial charge in [0.05, 0.1) is 11.1 Å². The molecule has 22 heavy (non-hydrogen) atoms. The molecular weight excluding hydrogens is 270 g/mol. The van der Waals surface area contributed by atoms with E-state index in [1.54, 1.807) is 0 Å². The van der Waals surface area contributed by atoms with Gasteiger partial charge in [-0.25, -0.2) is 4.98 Å². The number of nitriles is 1. The number of para-hydroxylation sites is 1. The van der Waals surface area contributed by atoms with Crippen molar-refractivity contribution in [2.45, 2.75) is 39.0 Å². The van der Waals surface area contributed by atoms with E-state index in [4.69, 9.17) is 4.98 Å². The van der Waals surface area contributed by atoms with Crippen LogP contribution in [0.25, 0.3) is 10.9 Å². The van der Waals surface area contributed by atoms with Gasteiger partial charge in [0.2, 0.25) is 0 Å². The van der Waals surface area contributed by atoms with E-state index < -0.39 is 0 Å². The third-order valence-corrected chi connectivity index (χ3v) is 5.71. The van der Waals surface area contributed by atoms with Crippen LogP contribution in [0, 0.1) is 29.6 Å². The molecule has 2 fully saturated rings. The number of aryl methyl sites for hydroxylation is 1. The summed E-state index contributed by atoms with van der Waals surface area (Å²) in [4.78, 5) is 4.71. The van der Waals surface area contributed by atoms with E-state index in [1.807, 2.05) is 31.2 Å². The monoisotopic (exact) mass is 291 g/mol. The summed E-state index contributed by atoms with van der Waals surface area (Å²) in [6.07, 6.45) is 6.82. The van der Waals surface area contributed by atoms with Crippen molar-refractivity contribution in [3.8, 4) is 6.07 Å². The quantitative estimate of drug-likeness (QED) is 0.911. The van der Waals surface area contributed by atoms with Crippen molar-refractivity contribution >= 4 is 16.7 Å². The number of benzene rings is 1. The molecular formula is C19H21N3. The highest BCUT2D eigenvalue weighted by Crippen LogP contribution is 2.61. The minimum absolute atomic E-state index is 0.492. The first-order valence-electron chi connectivity index (χ1n) is 8.27. The minimum atomic E-state index is 0.492. The highest BCUT2D eigenvalue weighted by atomic mass is 15.0. The van der Waals surface area contributed by atoms with Gasteiger partial charge in [-0.1, -0.05) is 31.0 Å². The molecule has 2 atom stereocenters. The van der Waals surface area contributed by atoms with Crippen molar-refractivity contribution < 1.29 is 0 Å². The molecule has 112 valence electrons. The maximum absolute atomic E-state index is 9.54. The van der Waals surface area contributed by atoms with Crippen LogP contribution in [0.4, 0.5) is 5.82 Å². The Labute approximate surface area is 131 Å². The lowest BCUT2D eigenvalue weighted by Crippen LogP contribution is -2.21. The number of aromatic nitrogens is 1. The lowest BCUT2D eigenvalue weighted by atomic mass is 9.88. The van der Waals surface area contributed by atoms with E-state index in [0.717, 1.165) is 34.7 Å². The SMILES string of the molecule is Cc1c(C#N)c(NCC23CCCCC2C3)nc2ccccc12. The molecule has 2 aliphatic rings. The van der Waals surface area contributed by atoms with Crippen molar-refractivity contribution in [3.05, 3.63) is 35.4 Å². The molecule has 2 unspecified atom stereocenters. The van der Waals surface area contributed by atoms with Crippen molar-refractivity contribution in [2.24, 2.45) is 11.3 Å². The minimum Gasteiger partial charge on any atom is -0.368 e. The van der Waals surface area contributed by atoms with Gasteiger partial charge < -0.3 is 5.32 Å². The average molecular weight is 291 g/mol. The average Bonchev–Trinajstić information content (AvgIpc) is 3.28. The molecule has 4 rings (SSSR count). The predicted octanol–water partition coefficient (Wildman–Crippen LogP) is 4.41. The van der Waals surface area contributed by atoms with Crippen LogP contribution >= 0.6 is 0 Å². The number of nitrogens with zero attached hydrogens (tertiary/aromatic N) is 2. The number of rotatable bonds is 3. The van der Waals surface area contributed by atoms with E-state index in [9.17, 15) is 5.26 Å². The number of fused-ring (bicyclic) bond motifs is 2. The molecule has 1 N–H and O–H groups in total. The number of hydrogen-bond donors (Lipinski definition) is 1. The third kappa shape index (κ3) is 2.06. The molecule has 0 bridgehead atoms. The number of nitrogens with one attached hydrogen (secondary N) is 1. The Morgan fingerprint density at radius 1 is 1.36 bits per heavy atom. The third-order valence-electron chi connectivity index (χ3n) is 5.71. The molecule has 0 saturated heterocycles. The van der Waals surface area contributed by atoms with Gasteiger partial charge in [-0.15, -0.1) is 0 Å². The summed E-state index contributed by atoms with van der Waals surface area (Å²) in [7, 11) is 0. The maximum atomic E-state index is 9.54. The zero-order valence-electron chi connectivity index (χ0n) is 13.0. The van der Waals surface area contributed by atoms with Crippen molar-refractivity contribution in [1.29, 1.82) is 5.26 Å². The highest BCUT2D eigenvalue weighted by molar-refractivity contribution is 5.86. The predicted molar refractivity (Wildman–Crippen MR) is 88.7 cm³/mol. The van der Waals surface area contributed by atoms with Gasteiger partial charge in [0, 0.05) is 11.9 Å². The molecule has 1 heterocycles. The van der Waals surface area contributed by atoms with E-state index in [-0.39, 0.29) is 0 Å². The van der Waals surface area contributed by atoms with Crippen LogP contribution in [-0.2, 0) is 0 Å². The second-order valence-electron chi connectivity index (χ2n) is 6.95. The molecule has 1 aromatic heterocycles. The Morgan fingerprint density at radius 2 is 2.23 bits per heavy atom. The van der Waals surface area contributed by atoms with Crippen LogP contribution in [0.3, 0.4) is 0 Å². The second kappa shape index (κ2) is 4.98. The molecule has 3 nitrogen and oxygen atoms in total. The van der Waals surface area contributed by atoms with Gasteiger partial charge in [0.15, 0.2) is 0 Å². The maximum Gasteiger partial charge on any atom is 0.144 e. The van der Waals surface area contributed by atoms with Crippen LogP contribution in [-0.4, -0.2) is 11.5 Å². The smallest absolute Gasteiger partial charge is 0.144 e. The molecule has 2 aromatic rings. The van der Waals surface area contributed by atoms with Gasteiger partial charge >= 0.3 is 0 Å². The lowest BCUT2D eigenvalue weighted by molar-refractivity contribution is 0.353. The normalized spacial score (nSPS) is 26.3. The van der Waals surface area contributed by atoms with E-state index in [2.05, 4.69) is 11.4 Å². The highest BCUT2D eigenvalue weighted by Gasteiger charge is 2.54. The molecule has 2 aliphatic carbocycles. The van der Waals surface area contributed by atoms with Gasteiger partial charge in [-0.2, -0.15) is 5.26 Å². The zero-order valence-corrected chi connectivity index (χ0v) is 13.0. The van der Waals surface area contributed by atoms with Crippen molar-refractivity contribution in [1.82, 2.24) is 4.98 Å². The van der Waals surface area contributed by atoms with Crippen LogP contribution in [0.15, 0.2) is 24.3 Å². The Kier molecular flexibility index (Phi) is 3.07. The first kappa shape index (κ1) is 13.6. The van der Waals surface area contributed by atoms with Gasteiger partial charge in [0.25, 0.3) is 0 Å². The molecule has 0 aliphatic heterocycles. The van der Waals surface area contributed by atoms with Crippen LogP contribution < -0.4 is 5.32 Å². The van der Waals surface area contributed by atoms with E-state index in [0.29, 0.717) is 11.0 Å². The fraction of sp³-hybridized carbons (Fsp3) is 0.474. The summed E-state index contributed by atoms with van der Waals surface area (Å²) in [5.74, 6) is 1.67. The summed E-state index contributed by atoms with van der Waals surface area (Å²) in [6, 6.07) is 10.4. The summed E-state index contributed by atoms with van der Waals surface area (Å²) in [6.45, 7) is 2.99. The number of hydrogen-bond acceptors (Lipinski definition) is 3. The van der Waals surface area contributed by atoms with Gasteiger partial charge in [-0.3, -0.25) is 0 Å². The fourth-order valence-corrected chi connectivity index (χ4v) is 4.22. The van der Waals surface area contributed by atoms with Crippen molar-refractivity contribution in [2.75, 3.05) is 11.9 Å². The molecule has 2 saturated carbocycles. The summed E-state index contributed by atoms with van der Waals surface area (Å²) in [5, 5.41) is 14.1. The molecule has 0 spiro atoms. The molecule has 0 amide bonds. The molecule has 3 heteroatoms. The fourth-order valence-electron chi connectivity index (χ4n) is 4.22. The van der Waals surface area contributed by atoms with Crippen LogP contribution in [0.2, 0.25) is 0 Å². The summed E-state index contributed by atoms with van der Waals surface area (Å²) < 4.78 is 0. The standard InChI is InChI=1S/C19H21N3/c1-13-15-7-2-3-8-17(15)22-18(16(13)11-20)21-12-19-9-5-4-6-14(19)10-19/h2-3,7-8,14H,4-6,9-10,12H2,1H3,(H,21,22). The van der Waals surface area contributed by atoms with Crippen LogP contribution in [0.5, 0.6) is 0 Å².